The maximum absolute atomic E-state index is 12.8. The highest BCUT2D eigenvalue weighted by Crippen LogP contribution is 2.36. The highest BCUT2D eigenvalue weighted by molar-refractivity contribution is 7.92. The Kier molecular flexibility index (Phi) is 8.20. The average Bonchev–Trinajstić information content (AvgIpc) is 2.80. The van der Waals surface area contributed by atoms with E-state index in [1.54, 1.807) is 54.6 Å². The largest absolute Gasteiger partial charge is 0.495 e. The van der Waals surface area contributed by atoms with Crippen molar-refractivity contribution in [3.05, 3.63) is 80.8 Å². The van der Waals surface area contributed by atoms with Crippen molar-refractivity contribution in [2.75, 3.05) is 30.1 Å². The molecule has 0 aliphatic rings. The molecule has 1 N–H and O–H groups in total. The van der Waals surface area contributed by atoms with Crippen molar-refractivity contribution in [3.63, 3.8) is 0 Å². The fourth-order valence-electron chi connectivity index (χ4n) is 3.15. The first-order valence-electron chi connectivity index (χ1n) is 9.78. The number of carbonyl (C=O) groups excluding carboxylic acids is 1. The number of nitrogens with one attached hydrogen (secondary N) is 1. The van der Waals surface area contributed by atoms with E-state index in [9.17, 15) is 13.2 Å². The smallest absolute Gasteiger partial charge is 0.255 e. The van der Waals surface area contributed by atoms with E-state index >= 15 is 0 Å². The number of ether oxygens (including phenoxy) is 2. The summed E-state index contributed by atoms with van der Waals surface area (Å²) in [5.41, 5.74) is 1.65. The average molecular weight is 544 g/mol. The van der Waals surface area contributed by atoms with Gasteiger partial charge in [0.1, 0.15) is 11.5 Å². The molecule has 0 aliphatic heterocycles. The number of hydrogen-bond acceptors (Lipinski definition) is 5. The van der Waals surface area contributed by atoms with E-state index < -0.39 is 15.9 Å². The van der Waals surface area contributed by atoms with E-state index in [0.29, 0.717) is 33.3 Å². The molecule has 0 heterocycles. The fourth-order valence-corrected chi connectivity index (χ4v) is 4.72. The lowest BCUT2D eigenvalue weighted by Crippen LogP contribution is -2.29. The van der Waals surface area contributed by atoms with E-state index in [1.807, 2.05) is 0 Å². The molecule has 1 amide bonds. The van der Waals surface area contributed by atoms with Gasteiger partial charge >= 0.3 is 0 Å². The Morgan fingerprint density at radius 2 is 1.59 bits per heavy atom. The summed E-state index contributed by atoms with van der Waals surface area (Å²) in [6.07, 6.45) is 1.08. The summed E-state index contributed by atoms with van der Waals surface area (Å²) >= 11 is 18.4. The van der Waals surface area contributed by atoms with Gasteiger partial charge in [-0.2, -0.15) is 0 Å². The first-order valence-corrected chi connectivity index (χ1v) is 12.8. The van der Waals surface area contributed by atoms with Crippen molar-refractivity contribution in [1.29, 1.82) is 0 Å². The normalized spacial score (nSPS) is 11.1. The number of hydrogen-bond donors (Lipinski definition) is 1. The first kappa shape index (κ1) is 26.0. The summed E-state index contributed by atoms with van der Waals surface area (Å²) in [6.45, 7) is 0.00298. The predicted molar refractivity (Wildman–Crippen MR) is 136 cm³/mol. The molecule has 34 heavy (non-hydrogen) atoms. The quantitative estimate of drug-likeness (QED) is 0.383. The van der Waals surface area contributed by atoms with E-state index in [4.69, 9.17) is 44.3 Å². The van der Waals surface area contributed by atoms with Crippen LogP contribution in [0.4, 0.5) is 11.4 Å². The molecule has 0 aromatic heterocycles. The highest BCUT2D eigenvalue weighted by atomic mass is 35.5. The van der Waals surface area contributed by atoms with Gasteiger partial charge in [0.15, 0.2) is 0 Å². The summed E-state index contributed by atoms with van der Waals surface area (Å²) in [5, 5.41) is 3.49. The van der Waals surface area contributed by atoms with Gasteiger partial charge in [0.25, 0.3) is 5.91 Å². The molecule has 0 radical (unpaired) electrons. The second kappa shape index (κ2) is 10.7. The fraction of sp³-hybridized carbons (Fsp3) is 0.174. The topological polar surface area (TPSA) is 84.9 Å². The molecule has 0 bridgehead atoms. The van der Waals surface area contributed by atoms with Crippen LogP contribution in [0.3, 0.4) is 0 Å². The van der Waals surface area contributed by atoms with Gasteiger partial charge in [-0.05, 0) is 29.8 Å². The van der Waals surface area contributed by atoms with Gasteiger partial charge in [0, 0.05) is 17.7 Å². The van der Waals surface area contributed by atoms with Crippen molar-refractivity contribution in [2.24, 2.45) is 0 Å². The van der Waals surface area contributed by atoms with Gasteiger partial charge in [-0.3, -0.25) is 9.10 Å². The maximum Gasteiger partial charge on any atom is 0.255 e. The molecule has 0 atom stereocenters. The SMILES string of the molecule is COc1cc(NC(=O)c2ccc(CN(c3cccc(Cl)c3Cl)S(C)(=O)=O)cc2)c(OC)cc1Cl. The number of methoxy groups -OCH3 is 2. The number of benzene rings is 3. The van der Waals surface area contributed by atoms with Gasteiger partial charge in [0.2, 0.25) is 10.0 Å². The number of rotatable bonds is 8. The van der Waals surface area contributed by atoms with Crippen molar-refractivity contribution >= 4 is 62.1 Å². The Morgan fingerprint density at radius 1 is 0.941 bits per heavy atom. The van der Waals surface area contributed by atoms with Crippen LogP contribution in [0.1, 0.15) is 15.9 Å². The summed E-state index contributed by atoms with van der Waals surface area (Å²) in [7, 11) is -0.739. The van der Waals surface area contributed by atoms with E-state index in [0.717, 1.165) is 10.6 Å². The Bertz CT molecular complexity index is 1310. The summed E-state index contributed by atoms with van der Waals surface area (Å²) in [6, 6.07) is 14.4. The Morgan fingerprint density at radius 3 is 2.18 bits per heavy atom. The van der Waals surface area contributed by atoms with Crippen LogP contribution >= 0.6 is 34.8 Å². The van der Waals surface area contributed by atoms with Crippen LogP contribution in [-0.4, -0.2) is 34.8 Å². The van der Waals surface area contributed by atoms with Gasteiger partial charge < -0.3 is 14.8 Å². The lowest BCUT2D eigenvalue weighted by molar-refractivity contribution is 0.102. The number of anilines is 2. The van der Waals surface area contributed by atoms with Gasteiger partial charge in [-0.1, -0.05) is 53.0 Å². The van der Waals surface area contributed by atoms with Crippen LogP contribution in [0.25, 0.3) is 0 Å². The Balaban J connectivity index is 1.83. The molecule has 0 aliphatic carbocycles. The number of nitrogens with zero attached hydrogens (tertiary/aromatic N) is 1. The second-order valence-corrected chi connectivity index (χ2v) is 10.3. The Labute approximate surface area is 213 Å². The van der Waals surface area contributed by atoms with Crippen molar-refractivity contribution in [1.82, 2.24) is 0 Å². The molecule has 0 saturated heterocycles. The van der Waals surface area contributed by atoms with Gasteiger partial charge in [-0.15, -0.1) is 0 Å². The minimum Gasteiger partial charge on any atom is -0.495 e. The van der Waals surface area contributed by atoms with Crippen LogP contribution in [0.15, 0.2) is 54.6 Å². The van der Waals surface area contributed by atoms with Crippen molar-refractivity contribution in [2.45, 2.75) is 6.54 Å². The van der Waals surface area contributed by atoms with Gasteiger partial charge in [0.05, 0.1) is 53.5 Å². The highest BCUT2D eigenvalue weighted by Gasteiger charge is 2.22. The van der Waals surface area contributed by atoms with Crippen LogP contribution in [0.2, 0.25) is 15.1 Å². The van der Waals surface area contributed by atoms with Crippen LogP contribution in [0.5, 0.6) is 11.5 Å². The van der Waals surface area contributed by atoms with Crippen LogP contribution in [-0.2, 0) is 16.6 Å². The zero-order chi connectivity index (χ0) is 25.0. The molecular formula is C23H21Cl3N2O5S. The van der Waals surface area contributed by atoms with Crippen molar-refractivity contribution < 1.29 is 22.7 Å². The van der Waals surface area contributed by atoms with Crippen LogP contribution < -0.4 is 19.1 Å². The lowest BCUT2D eigenvalue weighted by Gasteiger charge is -2.24. The second-order valence-electron chi connectivity index (χ2n) is 7.18. The van der Waals surface area contributed by atoms with E-state index in [-0.39, 0.29) is 22.3 Å². The minimum atomic E-state index is -3.67. The minimum absolute atomic E-state index is 0.00298. The number of halogens is 3. The molecule has 0 spiro atoms. The number of sulfonamides is 1. The standard InChI is InChI=1S/C23H21Cl3N2O5S/c1-32-20-12-18(21(33-2)11-17(20)25)27-23(29)15-9-7-14(8-10-15)13-28(34(3,30)31)19-6-4-5-16(24)22(19)26/h4-12H,13H2,1-3H3,(H,27,29). The molecule has 7 nitrogen and oxygen atoms in total. The van der Waals surface area contributed by atoms with E-state index in [2.05, 4.69) is 5.32 Å². The molecule has 0 fully saturated rings. The predicted octanol–water partition coefficient (Wildman–Crippen LogP) is 5.88. The molecule has 3 rings (SSSR count). The third-order valence-electron chi connectivity index (χ3n) is 4.86. The lowest BCUT2D eigenvalue weighted by atomic mass is 10.1. The zero-order valence-corrected chi connectivity index (χ0v) is 21.5. The summed E-state index contributed by atoms with van der Waals surface area (Å²) in [5.74, 6) is 0.360. The summed E-state index contributed by atoms with van der Waals surface area (Å²) < 4.78 is 36.5. The van der Waals surface area contributed by atoms with Gasteiger partial charge in [-0.25, -0.2) is 8.42 Å². The van der Waals surface area contributed by atoms with Crippen molar-refractivity contribution in [3.8, 4) is 11.5 Å². The molecule has 3 aromatic rings. The molecule has 0 saturated carbocycles. The molecule has 0 unspecified atom stereocenters. The number of carbonyl (C=O) groups is 1. The molecular weight excluding hydrogens is 523 g/mol. The third-order valence-corrected chi connectivity index (χ3v) is 7.10. The number of amides is 1. The maximum atomic E-state index is 12.8. The molecule has 180 valence electrons. The zero-order valence-electron chi connectivity index (χ0n) is 18.4. The first-order chi connectivity index (χ1) is 16.0. The van der Waals surface area contributed by atoms with Crippen LogP contribution in [0, 0.1) is 0 Å². The molecule has 11 heteroatoms. The van der Waals surface area contributed by atoms with E-state index in [1.165, 1.54) is 14.2 Å². The third kappa shape index (κ3) is 5.88. The molecule has 3 aromatic carbocycles. The Hall–Kier alpha value is -2.65. The summed E-state index contributed by atoms with van der Waals surface area (Å²) in [4.78, 5) is 12.8. The monoisotopic (exact) mass is 542 g/mol.